The zero-order chi connectivity index (χ0) is 29.5. The number of aromatic nitrogens is 1. The molecule has 1 aliphatic carbocycles. The number of fused-ring (bicyclic) bond motifs is 1. The highest BCUT2D eigenvalue weighted by atomic mass is 16.3. The molecule has 1 aliphatic heterocycles. The first-order valence-electron chi connectivity index (χ1n) is 14.5. The number of amides is 2. The van der Waals surface area contributed by atoms with Gasteiger partial charge in [-0.15, -0.1) is 0 Å². The number of nitrogens with one attached hydrogen (secondary N) is 1. The van der Waals surface area contributed by atoms with Crippen molar-refractivity contribution in [3.05, 3.63) is 94.3 Å². The molecule has 7 nitrogen and oxygen atoms in total. The first-order chi connectivity index (χ1) is 19.6. The smallest absolute Gasteiger partial charge is 0.247 e. The Balaban J connectivity index is 1.64. The van der Waals surface area contributed by atoms with Gasteiger partial charge in [-0.3, -0.25) is 19.4 Å². The van der Waals surface area contributed by atoms with Crippen LogP contribution >= 0.6 is 0 Å². The first-order valence-corrected chi connectivity index (χ1v) is 14.5. The zero-order valence-corrected chi connectivity index (χ0v) is 24.5. The second-order valence-electron chi connectivity index (χ2n) is 11.9. The average molecular weight is 554 g/mol. The summed E-state index contributed by atoms with van der Waals surface area (Å²) in [6, 6.07) is 15.0. The highest BCUT2D eigenvalue weighted by Crippen LogP contribution is 2.42. The molecule has 214 valence electrons. The molecule has 3 aromatic rings. The largest absolute Gasteiger partial charge is 0.508 e. The molecular weight excluding hydrogens is 514 g/mol. The molecule has 2 aliphatic rings. The van der Waals surface area contributed by atoms with Crippen LogP contribution < -0.4 is 5.32 Å². The summed E-state index contributed by atoms with van der Waals surface area (Å²) >= 11 is 0. The van der Waals surface area contributed by atoms with Crippen molar-refractivity contribution in [3.8, 4) is 5.75 Å². The van der Waals surface area contributed by atoms with Gasteiger partial charge in [0.25, 0.3) is 0 Å². The fraction of sp³-hybridized carbons (Fsp3) is 0.412. The van der Waals surface area contributed by atoms with E-state index in [1.54, 1.807) is 42.3 Å². The molecule has 4 atom stereocenters. The second-order valence-corrected chi connectivity index (χ2v) is 11.9. The molecule has 0 saturated carbocycles. The number of para-hydroxylation sites is 1. The number of phenolic OH excluding ortho intramolecular Hbond substituents is 1. The fourth-order valence-corrected chi connectivity index (χ4v) is 6.63. The van der Waals surface area contributed by atoms with Gasteiger partial charge in [-0.25, -0.2) is 0 Å². The number of phenols is 1. The van der Waals surface area contributed by atoms with E-state index < -0.39 is 17.6 Å². The van der Waals surface area contributed by atoms with Gasteiger partial charge >= 0.3 is 0 Å². The Labute approximate surface area is 242 Å². The van der Waals surface area contributed by atoms with E-state index in [4.69, 9.17) is 0 Å². The Morgan fingerprint density at radius 1 is 1.10 bits per heavy atom. The van der Waals surface area contributed by atoms with Crippen molar-refractivity contribution in [1.29, 1.82) is 0 Å². The van der Waals surface area contributed by atoms with Gasteiger partial charge in [-0.1, -0.05) is 62.7 Å². The Hall–Kier alpha value is -4.00. The third kappa shape index (κ3) is 5.03. The minimum absolute atomic E-state index is 0.0207. The van der Waals surface area contributed by atoms with E-state index in [9.17, 15) is 19.5 Å². The van der Waals surface area contributed by atoms with Crippen LogP contribution in [0.15, 0.2) is 60.8 Å². The van der Waals surface area contributed by atoms with Gasteiger partial charge in [0.05, 0.1) is 0 Å². The lowest BCUT2D eigenvalue weighted by Crippen LogP contribution is -2.74. The third-order valence-electron chi connectivity index (χ3n) is 9.38. The van der Waals surface area contributed by atoms with Crippen LogP contribution in [0.1, 0.15) is 66.7 Å². The Morgan fingerprint density at radius 3 is 2.34 bits per heavy atom. The van der Waals surface area contributed by atoms with Crippen molar-refractivity contribution in [2.24, 2.45) is 11.8 Å². The number of carbonyl (C=O) groups excluding carboxylic acids is 3. The summed E-state index contributed by atoms with van der Waals surface area (Å²) < 4.78 is 0. The molecule has 0 spiro atoms. The molecule has 1 saturated heterocycles. The molecule has 2 amide bonds. The topological polar surface area (TPSA) is 99.6 Å². The number of benzene rings is 2. The lowest BCUT2D eigenvalue weighted by atomic mass is 9.76. The summed E-state index contributed by atoms with van der Waals surface area (Å²) in [6.45, 7) is 9.52. The van der Waals surface area contributed by atoms with Crippen LogP contribution in [-0.2, 0) is 33.6 Å². The van der Waals surface area contributed by atoms with Crippen LogP contribution in [0, 0.1) is 25.7 Å². The van der Waals surface area contributed by atoms with Gasteiger partial charge in [0, 0.05) is 29.4 Å². The van der Waals surface area contributed by atoms with Gasteiger partial charge in [-0.05, 0) is 74.3 Å². The lowest BCUT2D eigenvalue weighted by molar-refractivity contribution is -0.168. The number of hydrogen-bond donors (Lipinski definition) is 2. The van der Waals surface area contributed by atoms with Crippen LogP contribution in [0.25, 0.3) is 0 Å². The van der Waals surface area contributed by atoms with Crippen LogP contribution in [-0.4, -0.2) is 44.2 Å². The minimum Gasteiger partial charge on any atom is -0.508 e. The van der Waals surface area contributed by atoms with Crippen LogP contribution in [0.2, 0.25) is 0 Å². The predicted octanol–water partition coefficient (Wildman–Crippen LogP) is 4.80. The monoisotopic (exact) mass is 553 g/mol. The molecule has 0 bridgehead atoms. The molecule has 2 heterocycles. The van der Waals surface area contributed by atoms with E-state index in [0.29, 0.717) is 30.4 Å². The Morgan fingerprint density at radius 2 is 1.73 bits per heavy atom. The molecule has 2 N–H and O–H groups in total. The Kier molecular flexibility index (Phi) is 7.73. The van der Waals surface area contributed by atoms with Gasteiger partial charge in [-0.2, -0.15) is 0 Å². The number of Topliss-reactive ketones (excluding diaryl/α,β-unsaturated/α-hetero) is 1. The molecule has 0 unspecified atom stereocenters. The molecule has 1 aromatic heterocycles. The number of carbonyl (C=O) groups is 3. The molecule has 7 heteroatoms. The number of rotatable bonds is 8. The number of hydrogen-bond acceptors (Lipinski definition) is 5. The van der Waals surface area contributed by atoms with Crippen molar-refractivity contribution >= 4 is 17.6 Å². The van der Waals surface area contributed by atoms with Crippen molar-refractivity contribution < 1.29 is 19.5 Å². The summed E-state index contributed by atoms with van der Waals surface area (Å²) in [6.07, 6.45) is 3.57. The summed E-state index contributed by atoms with van der Waals surface area (Å²) in [4.78, 5) is 49.4. The summed E-state index contributed by atoms with van der Waals surface area (Å²) in [5.41, 5.74) is 3.79. The molecule has 2 aromatic carbocycles. The van der Waals surface area contributed by atoms with E-state index in [1.165, 1.54) is 11.1 Å². The number of ketones is 1. The van der Waals surface area contributed by atoms with Crippen molar-refractivity contribution in [3.63, 3.8) is 0 Å². The molecule has 1 fully saturated rings. The van der Waals surface area contributed by atoms with Crippen molar-refractivity contribution in [2.75, 3.05) is 0 Å². The average Bonchev–Trinajstić information content (AvgIpc) is 3.38. The number of piperazine rings is 1. The van der Waals surface area contributed by atoms with Crippen LogP contribution in [0.5, 0.6) is 5.75 Å². The number of aromatic hydroxyl groups is 1. The van der Waals surface area contributed by atoms with E-state index in [1.807, 2.05) is 45.9 Å². The SMILES string of the molecule is CC[C@H](C)[C@]1(C)C(=O)N[C@H](C2Cc3ccccc3C2)C(=O)N1[C@@H](C(=O)Cc1ccccc1O)c1cnc(C)cc1C. The van der Waals surface area contributed by atoms with Gasteiger partial charge in [0.2, 0.25) is 11.8 Å². The molecule has 41 heavy (non-hydrogen) atoms. The second kappa shape index (κ2) is 11.1. The van der Waals surface area contributed by atoms with E-state index >= 15 is 0 Å². The van der Waals surface area contributed by atoms with Gasteiger partial charge in [0.15, 0.2) is 5.78 Å². The number of nitrogens with zero attached hydrogens (tertiary/aromatic N) is 2. The zero-order valence-electron chi connectivity index (χ0n) is 24.5. The molecule has 5 rings (SSSR count). The molecule has 0 radical (unpaired) electrons. The normalized spacial score (nSPS) is 22.3. The third-order valence-corrected chi connectivity index (χ3v) is 9.38. The maximum absolute atomic E-state index is 14.8. The van der Waals surface area contributed by atoms with Crippen LogP contribution in [0.4, 0.5) is 0 Å². The Bertz CT molecular complexity index is 1480. The van der Waals surface area contributed by atoms with E-state index in [0.717, 1.165) is 11.3 Å². The number of pyridine rings is 1. The minimum atomic E-state index is -1.27. The number of aryl methyl sites for hydroxylation is 2. The first kappa shape index (κ1) is 28.5. The standard InChI is InChI=1S/C34H39N3O4/c1-6-21(3)34(5)33(41)36-30(26-16-23-11-7-8-12-24(23)17-26)32(40)37(34)31(27-19-35-22(4)15-20(27)2)29(39)18-25-13-9-10-14-28(25)38/h7-15,19,21,26,30-31,38H,6,16-18H2,1-5H3,(H,36,41)/t21-,30+,31+,34+/m0/s1. The van der Waals surface area contributed by atoms with Crippen molar-refractivity contribution in [1.82, 2.24) is 15.2 Å². The van der Waals surface area contributed by atoms with Crippen molar-refractivity contribution in [2.45, 2.75) is 77.9 Å². The van der Waals surface area contributed by atoms with E-state index in [-0.39, 0.29) is 41.6 Å². The van der Waals surface area contributed by atoms with Crippen LogP contribution in [0.3, 0.4) is 0 Å². The summed E-state index contributed by atoms with van der Waals surface area (Å²) in [7, 11) is 0. The summed E-state index contributed by atoms with van der Waals surface area (Å²) in [5.74, 6) is -1.09. The van der Waals surface area contributed by atoms with Gasteiger partial charge < -0.3 is 15.3 Å². The highest BCUT2D eigenvalue weighted by Gasteiger charge is 2.57. The lowest BCUT2D eigenvalue weighted by Gasteiger charge is -2.53. The predicted molar refractivity (Wildman–Crippen MR) is 157 cm³/mol. The summed E-state index contributed by atoms with van der Waals surface area (Å²) in [5, 5.41) is 13.6. The molecular formula is C34H39N3O4. The van der Waals surface area contributed by atoms with Gasteiger partial charge in [0.1, 0.15) is 23.4 Å². The quantitative estimate of drug-likeness (QED) is 0.417. The highest BCUT2D eigenvalue weighted by molar-refractivity contribution is 6.03. The van der Waals surface area contributed by atoms with E-state index in [2.05, 4.69) is 22.4 Å². The maximum Gasteiger partial charge on any atom is 0.247 e. The fourth-order valence-electron chi connectivity index (χ4n) is 6.63. The maximum atomic E-state index is 14.8.